The van der Waals surface area contributed by atoms with E-state index in [4.69, 9.17) is 10.5 Å². The van der Waals surface area contributed by atoms with E-state index in [1.807, 2.05) is 35.9 Å². The molecule has 4 aromatic rings. The van der Waals surface area contributed by atoms with Crippen molar-refractivity contribution >= 4 is 44.4 Å². The third-order valence-corrected chi connectivity index (χ3v) is 5.53. The molecule has 0 aliphatic rings. The second-order valence-electron chi connectivity index (χ2n) is 6.44. The highest BCUT2D eigenvalue weighted by atomic mass is 32.1. The summed E-state index contributed by atoms with van der Waals surface area (Å²) in [6, 6.07) is 7.96. The Balaban J connectivity index is 1.64. The number of imidazole rings is 1. The second kappa shape index (κ2) is 7.53. The van der Waals surface area contributed by atoms with Crippen molar-refractivity contribution in [2.45, 2.75) is 13.0 Å². The number of nitrogen functional groups attached to an aromatic ring is 1. The monoisotopic (exact) mass is 396 g/mol. The normalized spacial score (nSPS) is 11.4. The first-order valence-corrected chi connectivity index (χ1v) is 9.60. The molecule has 0 aliphatic carbocycles. The maximum atomic E-state index is 11.8. The van der Waals surface area contributed by atoms with Gasteiger partial charge in [0.05, 0.1) is 18.5 Å². The number of benzene rings is 1. The maximum Gasteiger partial charge on any atom is 0.222 e. The molecule has 3 N–H and O–H groups in total. The van der Waals surface area contributed by atoms with Crippen molar-refractivity contribution < 1.29 is 9.53 Å². The molecule has 28 heavy (non-hydrogen) atoms. The molecule has 0 spiro atoms. The summed E-state index contributed by atoms with van der Waals surface area (Å²) in [6.07, 6.45) is 2.08. The van der Waals surface area contributed by atoms with Crippen molar-refractivity contribution in [3.63, 3.8) is 0 Å². The van der Waals surface area contributed by atoms with E-state index >= 15 is 0 Å². The number of methoxy groups -OCH3 is 1. The number of amides is 1. The fourth-order valence-corrected chi connectivity index (χ4v) is 4.11. The average Bonchev–Trinajstić information content (AvgIpc) is 3.29. The number of anilines is 1. The highest BCUT2D eigenvalue weighted by molar-refractivity contribution is 7.22. The summed E-state index contributed by atoms with van der Waals surface area (Å²) >= 11 is 1.56. The van der Waals surface area contributed by atoms with Gasteiger partial charge in [-0.15, -0.1) is 11.3 Å². The number of rotatable bonds is 6. The highest BCUT2D eigenvalue weighted by Gasteiger charge is 2.16. The van der Waals surface area contributed by atoms with E-state index in [0.29, 0.717) is 36.6 Å². The molecule has 0 atom stereocenters. The Morgan fingerprint density at radius 2 is 2.21 bits per heavy atom. The van der Waals surface area contributed by atoms with Crippen LogP contribution in [0.4, 0.5) is 5.82 Å². The second-order valence-corrected chi connectivity index (χ2v) is 7.44. The van der Waals surface area contributed by atoms with E-state index in [1.54, 1.807) is 24.8 Å². The lowest BCUT2D eigenvalue weighted by atomic mass is 10.1. The number of hydrogen-bond acceptors (Lipinski definition) is 7. The molecule has 144 valence electrons. The van der Waals surface area contributed by atoms with Gasteiger partial charge in [0.1, 0.15) is 15.2 Å². The maximum absolute atomic E-state index is 11.8. The lowest BCUT2D eigenvalue weighted by molar-refractivity contribution is -0.122. The van der Waals surface area contributed by atoms with Gasteiger partial charge < -0.3 is 20.4 Å². The molecule has 0 saturated heterocycles. The Hall–Kier alpha value is -3.04. The van der Waals surface area contributed by atoms with Crippen LogP contribution in [0.1, 0.15) is 12.0 Å². The molecule has 1 aromatic carbocycles. The predicted octanol–water partition coefficient (Wildman–Crippen LogP) is 2.48. The molecule has 0 bridgehead atoms. The summed E-state index contributed by atoms with van der Waals surface area (Å²) in [4.78, 5) is 25.2. The molecular weight excluding hydrogens is 376 g/mol. The van der Waals surface area contributed by atoms with Gasteiger partial charge in [-0.2, -0.15) is 0 Å². The van der Waals surface area contributed by atoms with E-state index in [2.05, 4.69) is 20.3 Å². The minimum atomic E-state index is -0.0366. The Bertz CT molecular complexity index is 1170. The van der Waals surface area contributed by atoms with Crippen LogP contribution in [0.5, 0.6) is 0 Å². The van der Waals surface area contributed by atoms with Crippen molar-refractivity contribution in [3.8, 4) is 10.6 Å². The fraction of sp³-hybridized carbons (Fsp3) is 0.263. The lowest BCUT2D eigenvalue weighted by Gasteiger charge is -2.06. The number of ether oxygens (including phenoxy) is 1. The molecule has 8 nitrogen and oxygen atoms in total. The van der Waals surface area contributed by atoms with Gasteiger partial charge in [-0.05, 0) is 11.6 Å². The van der Waals surface area contributed by atoms with Gasteiger partial charge in [0.15, 0.2) is 11.5 Å². The molecule has 1 amide bonds. The minimum absolute atomic E-state index is 0.0366. The van der Waals surface area contributed by atoms with Crippen LogP contribution in [0, 0.1) is 0 Å². The number of aromatic nitrogens is 4. The van der Waals surface area contributed by atoms with Crippen molar-refractivity contribution in [1.29, 1.82) is 0 Å². The molecule has 3 heterocycles. The SMILES string of the molecule is COCCC(=O)NCc1cccc(-c2nc3nc(N)c4ncn(C)c4c3s2)c1. The fourth-order valence-electron chi connectivity index (χ4n) is 3.02. The van der Waals surface area contributed by atoms with Gasteiger partial charge in [0.2, 0.25) is 5.91 Å². The van der Waals surface area contributed by atoms with Gasteiger partial charge in [-0.3, -0.25) is 4.79 Å². The Kier molecular flexibility index (Phi) is 4.93. The van der Waals surface area contributed by atoms with Crippen LogP contribution in [-0.4, -0.2) is 39.1 Å². The summed E-state index contributed by atoms with van der Waals surface area (Å²) in [5, 5.41) is 3.75. The first-order valence-electron chi connectivity index (χ1n) is 8.79. The van der Waals surface area contributed by atoms with Crippen LogP contribution in [0.25, 0.3) is 32.0 Å². The first-order chi connectivity index (χ1) is 13.6. The van der Waals surface area contributed by atoms with E-state index in [0.717, 1.165) is 26.4 Å². The number of fused-ring (bicyclic) bond motifs is 3. The van der Waals surface area contributed by atoms with Gasteiger partial charge in [0.25, 0.3) is 0 Å². The number of nitrogens with zero attached hydrogens (tertiary/aromatic N) is 4. The summed E-state index contributed by atoms with van der Waals surface area (Å²) in [6.45, 7) is 0.870. The zero-order chi connectivity index (χ0) is 19.7. The third kappa shape index (κ3) is 3.41. The van der Waals surface area contributed by atoms with Crippen molar-refractivity contribution in [1.82, 2.24) is 24.8 Å². The topological polar surface area (TPSA) is 108 Å². The van der Waals surface area contributed by atoms with Gasteiger partial charge in [0, 0.05) is 32.7 Å². The molecule has 0 aliphatic heterocycles. The minimum Gasteiger partial charge on any atom is -0.384 e. The van der Waals surface area contributed by atoms with Crippen molar-refractivity contribution in [3.05, 3.63) is 36.2 Å². The number of aryl methyl sites for hydroxylation is 1. The number of pyridine rings is 1. The standard InChI is InChI=1S/C19H20N6O2S/c1-25-10-22-14-15(25)16-18(23-17(14)20)24-19(28-16)12-5-3-4-11(8-12)9-21-13(26)6-7-27-2/h3-5,8,10H,6-7,9H2,1-2H3,(H2,20,23)(H,21,26). The van der Waals surface area contributed by atoms with Crippen molar-refractivity contribution in [2.24, 2.45) is 7.05 Å². The largest absolute Gasteiger partial charge is 0.384 e. The molecule has 0 unspecified atom stereocenters. The van der Waals surface area contributed by atoms with Crippen LogP contribution < -0.4 is 11.1 Å². The molecule has 4 rings (SSSR count). The number of hydrogen-bond donors (Lipinski definition) is 2. The lowest BCUT2D eigenvalue weighted by Crippen LogP contribution is -2.23. The average molecular weight is 396 g/mol. The first kappa shape index (κ1) is 18.3. The number of nitrogens with one attached hydrogen (secondary N) is 1. The van der Waals surface area contributed by atoms with E-state index in [1.165, 1.54) is 0 Å². The molecular formula is C19H20N6O2S. The van der Waals surface area contributed by atoms with Crippen molar-refractivity contribution in [2.75, 3.05) is 19.5 Å². The summed E-state index contributed by atoms with van der Waals surface area (Å²) < 4.78 is 7.81. The number of carbonyl (C=O) groups excluding carboxylic acids is 1. The zero-order valence-electron chi connectivity index (χ0n) is 15.6. The van der Waals surface area contributed by atoms with Crippen LogP contribution in [0.3, 0.4) is 0 Å². The molecule has 0 saturated carbocycles. The van der Waals surface area contributed by atoms with Crippen LogP contribution >= 0.6 is 11.3 Å². The highest BCUT2D eigenvalue weighted by Crippen LogP contribution is 2.35. The van der Waals surface area contributed by atoms with Gasteiger partial charge in [-0.25, -0.2) is 15.0 Å². The summed E-state index contributed by atoms with van der Waals surface area (Å²) in [5.41, 5.74) is 10.3. The van der Waals surface area contributed by atoms with Crippen LogP contribution in [-0.2, 0) is 23.1 Å². The van der Waals surface area contributed by atoms with E-state index in [9.17, 15) is 4.79 Å². The molecule has 0 fully saturated rings. The quantitative estimate of drug-likeness (QED) is 0.518. The number of carbonyl (C=O) groups is 1. The van der Waals surface area contributed by atoms with Gasteiger partial charge >= 0.3 is 0 Å². The predicted molar refractivity (Wildman–Crippen MR) is 110 cm³/mol. The van der Waals surface area contributed by atoms with E-state index in [-0.39, 0.29) is 5.91 Å². The Labute approximate surface area is 165 Å². The van der Waals surface area contributed by atoms with Crippen LogP contribution in [0.15, 0.2) is 30.6 Å². The molecule has 3 aromatic heterocycles. The van der Waals surface area contributed by atoms with E-state index < -0.39 is 0 Å². The summed E-state index contributed by atoms with van der Waals surface area (Å²) in [7, 11) is 3.51. The molecule has 9 heteroatoms. The molecule has 0 radical (unpaired) electrons. The number of thiazole rings is 1. The Morgan fingerprint density at radius 3 is 3.04 bits per heavy atom. The van der Waals surface area contributed by atoms with Gasteiger partial charge in [-0.1, -0.05) is 18.2 Å². The Morgan fingerprint density at radius 1 is 1.36 bits per heavy atom. The third-order valence-electron chi connectivity index (χ3n) is 4.43. The smallest absolute Gasteiger partial charge is 0.222 e. The zero-order valence-corrected chi connectivity index (χ0v) is 16.4. The summed E-state index contributed by atoms with van der Waals surface area (Å²) in [5.74, 6) is 0.345. The number of nitrogens with two attached hydrogens (primary N) is 1. The van der Waals surface area contributed by atoms with Crippen LogP contribution in [0.2, 0.25) is 0 Å².